The first-order valence-electron chi connectivity index (χ1n) is 8.27. The second-order valence-corrected chi connectivity index (χ2v) is 6.28. The molecule has 0 saturated heterocycles. The number of methoxy groups -OCH3 is 2. The normalized spacial score (nSPS) is 18.4. The first-order valence-corrected chi connectivity index (χ1v) is 8.27. The van der Waals surface area contributed by atoms with Crippen LogP contribution < -0.4 is 4.74 Å². The maximum absolute atomic E-state index is 5.51. The summed E-state index contributed by atoms with van der Waals surface area (Å²) in [6.07, 6.45) is 3.29. The zero-order valence-corrected chi connectivity index (χ0v) is 14.1. The lowest BCUT2D eigenvalue weighted by Crippen LogP contribution is -2.28. The molecular weight excluding hydrogens is 288 g/mol. The lowest BCUT2D eigenvalue weighted by Gasteiger charge is -2.24. The minimum atomic E-state index is 0.610. The van der Waals surface area contributed by atoms with Crippen LogP contribution in [0.3, 0.4) is 0 Å². The van der Waals surface area contributed by atoms with Gasteiger partial charge in [-0.15, -0.1) is 0 Å². The molecule has 1 atom stereocenters. The van der Waals surface area contributed by atoms with E-state index in [-0.39, 0.29) is 0 Å². The quantitative estimate of drug-likeness (QED) is 0.819. The third-order valence-electron chi connectivity index (χ3n) is 4.60. The van der Waals surface area contributed by atoms with Gasteiger partial charge in [-0.1, -0.05) is 18.2 Å². The van der Waals surface area contributed by atoms with Crippen molar-refractivity contribution in [2.75, 3.05) is 27.4 Å². The number of hydrogen-bond donors (Lipinski definition) is 0. The number of ether oxygens (including phenoxy) is 2. The number of aromatic nitrogens is 1. The molecule has 2 aromatic rings. The lowest BCUT2D eigenvalue weighted by atomic mass is 10.1. The second-order valence-electron chi connectivity index (χ2n) is 6.28. The van der Waals surface area contributed by atoms with Gasteiger partial charge in [0.1, 0.15) is 5.75 Å². The highest BCUT2D eigenvalue weighted by Gasteiger charge is 2.22. The molecule has 124 valence electrons. The molecule has 1 aromatic heterocycles. The van der Waals surface area contributed by atoms with Crippen LogP contribution in [-0.2, 0) is 24.4 Å². The number of benzene rings is 1. The van der Waals surface area contributed by atoms with E-state index in [2.05, 4.69) is 39.9 Å². The molecule has 2 heterocycles. The van der Waals surface area contributed by atoms with Crippen LogP contribution in [0.15, 0.2) is 42.6 Å². The zero-order chi connectivity index (χ0) is 16.1. The van der Waals surface area contributed by atoms with E-state index in [0.29, 0.717) is 5.92 Å². The predicted molar refractivity (Wildman–Crippen MR) is 91.5 cm³/mol. The standard InChI is InChI=1S/C19H26N2O2/c1-22-11-9-16-12-20(15-18-7-5-10-21(18)13-16)14-17-6-3-4-8-19(17)23-2/h3-8,10,16H,9,11-15H2,1-2H3. The summed E-state index contributed by atoms with van der Waals surface area (Å²) in [6.45, 7) is 4.88. The molecule has 0 amide bonds. The molecule has 3 rings (SSSR count). The Bertz CT molecular complexity index is 623. The van der Waals surface area contributed by atoms with Crippen molar-refractivity contribution in [3.05, 3.63) is 53.9 Å². The molecule has 0 aliphatic carbocycles. The van der Waals surface area contributed by atoms with Crippen LogP contribution in [0.2, 0.25) is 0 Å². The van der Waals surface area contributed by atoms with Crippen LogP contribution in [0.25, 0.3) is 0 Å². The number of nitrogens with zero attached hydrogens (tertiary/aromatic N) is 2. The van der Waals surface area contributed by atoms with Gasteiger partial charge in [0.25, 0.3) is 0 Å². The number of fused-ring (bicyclic) bond motifs is 1. The second kappa shape index (κ2) is 7.66. The van der Waals surface area contributed by atoms with Gasteiger partial charge in [0, 0.05) is 57.3 Å². The Morgan fingerprint density at radius 1 is 1.09 bits per heavy atom. The van der Waals surface area contributed by atoms with Crippen LogP contribution in [0.5, 0.6) is 5.75 Å². The molecule has 1 aliphatic heterocycles. The first-order chi connectivity index (χ1) is 11.3. The van der Waals surface area contributed by atoms with Crippen molar-refractivity contribution < 1.29 is 9.47 Å². The van der Waals surface area contributed by atoms with Crippen molar-refractivity contribution in [2.24, 2.45) is 5.92 Å². The van der Waals surface area contributed by atoms with Gasteiger partial charge in [0.05, 0.1) is 7.11 Å². The van der Waals surface area contributed by atoms with Crippen LogP contribution in [0, 0.1) is 5.92 Å². The number of para-hydroxylation sites is 1. The summed E-state index contributed by atoms with van der Waals surface area (Å²) in [5.74, 6) is 1.58. The van der Waals surface area contributed by atoms with E-state index >= 15 is 0 Å². The Balaban J connectivity index is 1.77. The summed E-state index contributed by atoms with van der Waals surface area (Å²) in [7, 11) is 3.53. The van der Waals surface area contributed by atoms with Crippen LogP contribution in [0.4, 0.5) is 0 Å². The molecule has 0 spiro atoms. The van der Waals surface area contributed by atoms with Crippen molar-refractivity contribution in [1.29, 1.82) is 0 Å². The lowest BCUT2D eigenvalue weighted by molar-refractivity contribution is 0.151. The van der Waals surface area contributed by atoms with Crippen molar-refractivity contribution in [3.63, 3.8) is 0 Å². The first kappa shape index (κ1) is 16.1. The van der Waals surface area contributed by atoms with Gasteiger partial charge in [-0.2, -0.15) is 0 Å². The van der Waals surface area contributed by atoms with Gasteiger partial charge in [0.15, 0.2) is 0 Å². The molecule has 23 heavy (non-hydrogen) atoms. The highest BCUT2D eigenvalue weighted by atomic mass is 16.5. The van der Waals surface area contributed by atoms with E-state index in [4.69, 9.17) is 9.47 Å². The van der Waals surface area contributed by atoms with Crippen molar-refractivity contribution in [2.45, 2.75) is 26.1 Å². The average molecular weight is 314 g/mol. The minimum Gasteiger partial charge on any atom is -0.496 e. The molecule has 0 saturated carbocycles. The predicted octanol–water partition coefficient (Wildman–Crippen LogP) is 3.17. The van der Waals surface area contributed by atoms with Crippen LogP contribution in [0.1, 0.15) is 17.7 Å². The molecule has 0 radical (unpaired) electrons. The van der Waals surface area contributed by atoms with E-state index in [9.17, 15) is 0 Å². The molecular formula is C19H26N2O2. The maximum Gasteiger partial charge on any atom is 0.123 e. The van der Waals surface area contributed by atoms with E-state index in [1.807, 2.05) is 12.1 Å². The molecule has 1 aromatic carbocycles. The Kier molecular flexibility index (Phi) is 5.36. The fraction of sp³-hybridized carbons (Fsp3) is 0.474. The smallest absolute Gasteiger partial charge is 0.123 e. The van der Waals surface area contributed by atoms with Gasteiger partial charge >= 0.3 is 0 Å². The molecule has 4 nitrogen and oxygen atoms in total. The molecule has 1 aliphatic rings. The topological polar surface area (TPSA) is 26.6 Å². The van der Waals surface area contributed by atoms with Gasteiger partial charge in [0.2, 0.25) is 0 Å². The Morgan fingerprint density at radius 3 is 2.78 bits per heavy atom. The maximum atomic E-state index is 5.51. The third kappa shape index (κ3) is 3.95. The molecule has 1 unspecified atom stereocenters. The van der Waals surface area contributed by atoms with Crippen molar-refractivity contribution >= 4 is 0 Å². The van der Waals surface area contributed by atoms with E-state index in [1.165, 1.54) is 11.3 Å². The monoisotopic (exact) mass is 314 g/mol. The summed E-state index contributed by atoms with van der Waals surface area (Å²) in [6, 6.07) is 12.7. The van der Waals surface area contributed by atoms with Crippen LogP contribution in [-0.4, -0.2) is 36.8 Å². The van der Waals surface area contributed by atoms with Gasteiger partial charge in [-0.05, 0) is 30.5 Å². The fourth-order valence-electron chi connectivity index (χ4n) is 3.43. The Morgan fingerprint density at radius 2 is 1.96 bits per heavy atom. The van der Waals surface area contributed by atoms with Crippen LogP contribution >= 0.6 is 0 Å². The number of hydrogen-bond acceptors (Lipinski definition) is 3. The summed E-state index contributed by atoms with van der Waals surface area (Å²) in [5, 5.41) is 0. The SMILES string of the molecule is COCCC1CN(Cc2ccccc2OC)Cc2cccn2C1. The molecule has 4 heteroatoms. The highest BCUT2D eigenvalue weighted by molar-refractivity contribution is 5.33. The molecule has 0 fully saturated rings. The summed E-state index contributed by atoms with van der Waals surface area (Å²) >= 11 is 0. The highest BCUT2D eigenvalue weighted by Crippen LogP contribution is 2.24. The van der Waals surface area contributed by atoms with Gasteiger partial charge in [-0.25, -0.2) is 0 Å². The van der Waals surface area contributed by atoms with E-state index < -0.39 is 0 Å². The Labute approximate surface area is 138 Å². The largest absolute Gasteiger partial charge is 0.496 e. The molecule has 0 N–H and O–H groups in total. The number of rotatable bonds is 6. The van der Waals surface area contributed by atoms with E-state index in [1.54, 1.807) is 14.2 Å². The minimum absolute atomic E-state index is 0.610. The van der Waals surface area contributed by atoms with Crippen molar-refractivity contribution in [3.8, 4) is 5.75 Å². The van der Waals surface area contributed by atoms with Gasteiger partial charge < -0.3 is 14.0 Å². The fourth-order valence-corrected chi connectivity index (χ4v) is 3.43. The van der Waals surface area contributed by atoms with E-state index in [0.717, 1.165) is 45.0 Å². The summed E-state index contributed by atoms with van der Waals surface area (Å²) in [4.78, 5) is 2.52. The van der Waals surface area contributed by atoms with Gasteiger partial charge in [-0.3, -0.25) is 4.90 Å². The third-order valence-corrected chi connectivity index (χ3v) is 4.60. The molecule has 0 bridgehead atoms. The Hall–Kier alpha value is -1.78. The average Bonchev–Trinajstić information content (AvgIpc) is 2.93. The zero-order valence-electron chi connectivity index (χ0n) is 14.1. The summed E-state index contributed by atoms with van der Waals surface area (Å²) < 4.78 is 13.2. The van der Waals surface area contributed by atoms with Crippen molar-refractivity contribution in [1.82, 2.24) is 9.47 Å². The summed E-state index contributed by atoms with van der Waals surface area (Å²) in [5.41, 5.74) is 2.64.